The first kappa shape index (κ1) is 19.3. The van der Waals surface area contributed by atoms with E-state index in [4.69, 9.17) is 4.98 Å². The van der Waals surface area contributed by atoms with Crippen molar-refractivity contribution >= 4 is 5.95 Å². The zero-order valence-corrected chi connectivity index (χ0v) is 17.0. The normalized spacial score (nSPS) is 20.4. The summed E-state index contributed by atoms with van der Waals surface area (Å²) in [4.78, 5) is 21.4. The van der Waals surface area contributed by atoms with Crippen molar-refractivity contribution < 1.29 is 0 Å². The SMILES string of the molecule is CCN1CCCC1CN(Cc1ccccn1)Cc1ccnc(N2CCCC2)n1. The van der Waals surface area contributed by atoms with Crippen molar-refractivity contribution in [1.82, 2.24) is 24.8 Å². The summed E-state index contributed by atoms with van der Waals surface area (Å²) in [7, 11) is 0. The minimum absolute atomic E-state index is 0.633. The predicted molar refractivity (Wildman–Crippen MR) is 112 cm³/mol. The number of hydrogen-bond acceptors (Lipinski definition) is 6. The van der Waals surface area contributed by atoms with Crippen molar-refractivity contribution in [2.24, 2.45) is 0 Å². The lowest BCUT2D eigenvalue weighted by Gasteiger charge is -2.30. The van der Waals surface area contributed by atoms with E-state index in [2.05, 4.69) is 49.8 Å². The monoisotopic (exact) mass is 380 g/mol. The van der Waals surface area contributed by atoms with Crippen LogP contribution in [0.4, 0.5) is 5.95 Å². The minimum atomic E-state index is 0.633. The second-order valence-electron chi connectivity index (χ2n) is 7.96. The summed E-state index contributed by atoms with van der Waals surface area (Å²) in [5.41, 5.74) is 2.23. The molecule has 2 aromatic heterocycles. The number of likely N-dealkylation sites (N-methyl/N-ethyl adjacent to an activating group) is 1. The third-order valence-corrected chi connectivity index (χ3v) is 5.96. The molecule has 150 valence electrons. The van der Waals surface area contributed by atoms with E-state index in [1.807, 2.05) is 18.5 Å². The molecule has 2 aliphatic rings. The van der Waals surface area contributed by atoms with Gasteiger partial charge in [-0.05, 0) is 57.0 Å². The van der Waals surface area contributed by atoms with Gasteiger partial charge in [0.1, 0.15) is 0 Å². The van der Waals surface area contributed by atoms with E-state index in [1.165, 1.54) is 32.2 Å². The number of likely N-dealkylation sites (tertiary alicyclic amines) is 1. The first-order chi connectivity index (χ1) is 13.8. The molecule has 4 heterocycles. The Morgan fingerprint density at radius 1 is 0.964 bits per heavy atom. The molecule has 1 atom stereocenters. The molecule has 0 radical (unpaired) electrons. The second kappa shape index (κ2) is 9.43. The van der Waals surface area contributed by atoms with Crippen LogP contribution in [-0.4, -0.2) is 63.5 Å². The maximum atomic E-state index is 4.89. The van der Waals surface area contributed by atoms with Crippen LogP contribution in [0.3, 0.4) is 0 Å². The molecule has 0 saturated carbocycles. The minimum Gasteiger partial charge on any atom is -0.341 e. The highest BCUT2D eigenvalue weighted by Gasteiger charge is 2.25. The smallest absolute Gasteiger partial charge is 0.225 e. The molecule has 0 spiro atoms. The van der Waals surface area contributed by atoms with Gasteiger partial charge in [0.25, 0.3) is 0 Å². The van der Waals surface area contributed by atoms with E-state index in [-0.39, 0.29) is 0 Å². The Bertz CT molecular complexity index is 731. The van der Waals surface area contributed by atoms with Crippen LogP contribution in [-0.2, 0) is 13.1 Å². The molecule has 0 bridgehead atoms. The standard InChI is InChI=1S/C22H32N6/c1-2-27-15-7-9-21(27)18-26(16-19-8-3-4-11-23-19)17-20-10-12-24-22(25-20)28-13-5-6-14-28/h3-4,8,10-12,21H,2,5-7,9,13-18H2,1H3. The number of aromatic nitrogens is 3. The van der Waals surface area contributed by atoms with E-state index < -0.39 is 0 Å². The fourth-order valence-corrected chi connectivity index (χ4v) is 4.49. The summed E-state index contributed by atoms with van der Waals surface area (Å²) in [6, 6.07) is 8.88. The lowest BCUT2D eigenvalue weighted by atomic mass is 10.2. The van der Waals surface area contributed by atoms with E-state index in [9.17, 15) is 0 Å². The zero-order chi connectivity index (χ0) is 19.2. The molecule has 0 N–H and O–H groups in total. The van der Waals surface area contributed by atoms with Crippen molar-refractivity contribution in [3.05, 3.63) is 48.0 Å². The third kappa shape index (κ3) is 4.86. The second-order valence-corrected chi connectivity index (χ2v) is 7.96. The number of pyridine rings is 1. The van der Waals surface area contributed by atoms with Crippen molar-refractivity contribution in [3.8, 4) is 0 Å². The Balaban J connectivity index is 1.48. The maximum absolute atomic E-state index is 4.89. The Kier molecular flexibility index (Phi) is 6.49. The summed E-state index contributed by atoms with van der Waals surface area (Å²) in [6.45, 7) is 9.55. The molecule has 2 aliphatic heterocycles. The van der Waals surface area contributed by atoms with Gasteiger partial charge in [0.15, 0.2) is 0 Å². The number of nitrogens with zero attached hydrogens (tertiary/aromatic N) is 6. The van der Waals surface area contributed by atoms with Crippen LogP contribution < -0.4 is 4.90 Å². The molecular weight excluding hydrogens is 348 g/mol. The number of anilines is 1. The molecule has 6 nitrogen and oxygen atoms in total. The van der Waals surface area contributed by atoms with Gasteiger partial charge in [0, 0.05) is 51.2 Å². The quantitative estimate of drug-likeness (QED) is 0.702. The van der Waals surface area contributed by atoms with Crippen molar-refractivity contribution in [1.29, 1.82) is 0 Å². The Morgan fingerprint density at radius 2 is 1.82 bits per heavy atom. The van der Waals surface area contributed by atoms with Gasteiger partial charge < -0.3 is 4.90 Å². The van der Waals surface area contributed by atoms with Gasteiger partial charge >= 0.3 is 0 Å². The van der Waals surface area contributed by atoms with E-state index >= 15 is 0 Å². The van der Waals surface area contributed by atoms with E-state index in [1.54, 1.807) is 0 Å². The average molecular weight is 381 g/mol. The topological polar surface area (TPSA) is 48.4 Å². The van der Waals surface area contributed by atoms with Crippen LogP contribution >= 0.6 is 0 Å². The first-order valence-corrected chi connectivity index (χ1v) is 10.7. The first-order valence-electron chi connectivity index (χ1n) is 10.7. The molecule has 2 saturated heterocycles. The summed E-state index contributed by atoms with van der Waals surface area (Å²) in [6.07, 6.45) is 8.89. The Morgan fingerprint density at radius 3 is 2.61 bits per heavy atom. The summed E-state index contributed by atoms with van der Waals surface area (Å²) >= 11 is 0. The predicted octanol–water partition coefficient (Wildman–Crippen LogP) is 2.96. The van der Waals surface area contributed by atoms with Crippen LogP contribution in [0.15, 0.2) is 36.7 Å². The summed E-state index contributed by atoms with van der Waals surface area (Å²) < 4.78 is 0. The molecule has 1 unspecified atom stereocenters. The van der Waals surface area contributed by atoms with Crippen molar-refractivity contribution in [2.75, 3.05) is 37.6 Å². The van der Waals surface area contributed by atoms with Gasteiger partial charge in [0.05, 0.1) is 11.4 Å². The van der Waals surface area contributed by atoms with Crippen molar-refractivity contribution in [3.63, 3.8) is 0 Å². The zero-order valence-electron chi connectivity index (χ0n) is 17.0. The van der Waals surface area contributed by atoms with Crippen LogP contribution in [0, 0.1) is 0 Å². The van der Waals surface area contributed by atoms with E-state index in [0.717, 1.165) is 56.6 Å². The number of rotatable bonds is 8. The lowest BCUT2D eigenvalue weighted by molar-refractivity contribution is 0.163. The molecule has 28 heavy (non-hydrogen) atoms. The fourth-order valence-electron chi connectivity index (χ4n) is 4.49. The molecule has 0 aromatic carbocycles. The highest BCUT2D eigenvalue weighted by Crippen LogP contribution is 2.20. The Labute approximate surface area is 168 Å². The molecule has 6 heteroatoms. The van der Waals surface area contributed by atoms with Gasteiger partial charge in [-0.2, -0.15) is 0 Å². The third-order valence-electron chi connectivity index (χ3n) is 5.96. The van der Waals surface area contributed by atoms with Crippen LogP contribution in [0.1, 0.15) is 44.0 Å². The van der Waals surface area contributed by atoms with E-state index in [0.29, 0.717) is 6.04 Å². The highest BCUT2D eigenvalue weighted by molar-refractivity contribution is 5.31. The Hall–Kier alpha value is -2.05. The van der Waals surface area contributed by atoms with Crippen LogP contribution in [0.25, 0.3) is 0 Å². The fraction of sp³-hybridized carbons (Fsp3) is 0.591. The molecule has 4 rings (SSSR count). The van der Waals surface area contributed by atoms with Gasteiger partial charge in [-0.25, -0.2) is 9.97 Å². The summed E-state index contributed by atoms with van der Waals surface area (Å²) in [5, 5.41) is 0. The summed E-state index contributed by atoms with van der Waals surface area (Å²) in [5.74, 6) is 0.892. The molecule has 2 fully saturated rings. The van der Waals surface area contributed by atoms with Gasteiger partial charge in [-0.1, -0.05) is 13.0 Å². The molecule has 2 aromatic rings. The highest BCUT2D eigenvalue weighted by atomic mass is 15.3. The van der Waals surface area contributed by atoms with Crippen molar-refractivity contribution in [2.45, 2.75) is 51.7 Å². The van der Waals surface area contributed by atoms with Gasteiger partial charge in [-0.3, -0.25) is 14.8 Å². The molecular formula is C22H32N6. The van der Waals surface area contributed by atoms with Crippen LogP contribution in [0.2, 0.25) is 0 Å². The maximum Gasteiger partial charge on any atom is 0.225 e. The van der Waals surface area contributed by atoms with Gasteiger partial charge in [0.2, 0.25) is 5.95 Å². The average Bonchev–Trinajstić information content (AvgIpc) is 3.41. The lowest BCUT2D eigenvalue weighted by Crippen LogP contribution is -2.40. The molecule has 0 aliphatic carbocycles. The number of hydrogen-bond donors (Lipinski definition) is 0. The van der Waals surface area contributed by atoms with Gasteiger partial charge in [-0.15, -0.1) is 0 Å². The largest absolute Gasteiger partial charge is 0.341 e. The molecule has 0 amide bonds. The van der Waals surface area contributed by atoms with Crippen LogP contribution in [0.5, 0.6) is 0 Å².